The topological polar surface area (TPSA) is 37.4 Å². The van der Waals surface area contributed by atoms with E-state index in [9.17, 15) is 13.2 Å². The number of methoxy groups -OCH3 is 1. The quantitative estimate of drug-likeness (QED) is 0.680. The van der Waals surface area contributed by atoms with Gasteiger partial charge >= 0.3 is 0 Å². The molecule has 0 aliphatic heterocycles. The summed E-state index contributed by atoms with van der Waals surface area (Å²) in [5, 5.41) is 3.15. The smallest absolute Gasteiger partial charge is 0.195 e. The van der Waals surface area contributed by atoms with Gasteiger partial charge in [-0.3, -0.25) is 0 Å². The van der Waals surface area contributed by atoms with Crippen molar-refractivity contribution in [2.75, 3.05) is 44.6 Å². The fourth-order valence-electron chi connectivity index (χ4n) is 2.05. The van der Waals surface area contributed by atoms with Gasteiger partial charge in [0.15, 0.2) is 17.5 Å². The second-order valence-electron chi connectivity index (χ2n) is 4.72. The Labute approximate surface area is 120 Å². The molecule has 0 atom stereocenters. The minimum absolute atomic E-state index is 0.0543. The number of aromatic nitrogens is 1. The van der Waals surface area contributed by atoms with Crippen molar-refractivity contribution in [1.29, 1.82) is 0 Å². The van der Waals surface area contributed by atoms with E-state index in [1.165, 1.54) is 6.20 Å². The first-order valence-electron chi connectivity index (χ1n) is 6.33. The molecule has 0 aliphatic rings. The van der Waals surface area contributed by atoms with E-state index in [-0.39, 0.29) is 16.6 Å². The third-order valence-electron chi connectivity index (χ3n) is 3.04. The summed E-state index contributed by atoms with van der Waals surface area (Å²) >= 11 is 0. The van der Waals surface area contributed by atoms with Gasteiger partial charge in [-0.05, 0) is 6.07 Å². The summed E-state index contributed by atoms with van der Waals surface area (Å²) in [5.74, 6) is -3.73. The molecule has 4 nitrogen and oxygen atoms in total. The lowest BCUT2D eigenvalue weighted by molar-refractivity contribution is 0.211. The Kier molecular flexibility index (Phi) is 4.52. The van der Waals surface area contributed by atoms with Crippen LogP contribution in [0.5, 0.6) is 0 Å². The molecular formula is C14H16F3N3O. The number of hydrogen-bond donors (Lipinski definition) is 1. The number of nitrogens with zero attached hydrogens (tertiary/aromatic N) is 2. The monoisotopic (exact) mass is 299 g/mol. The van der Waals surface area contributed by atoms with Crippen LogP contribution >= 0.6 is 0 Å². The van der Waals surface area contributed by atoms with Gasteiger partial charge in [-0.25, -0.2) is 18.2 Å². The molecular weight excluding hydrogens is 283 g/mol. The molecule has 0 radical (unpaired) electrons. The van der Waals surface area contributed by atoms with Crippen LogP contribution in [0.15, 0.2) is 12.3 Å². The number of hydrogen-bond acceptors (Lipinski definition) is 4. The van der Waals surface area contributed by atoms with Crippen molar-refractivity contribution in [2.24, 2.45) is 0 Å². The van der Waals surface area contributed by atoms with E-state index in [4.69, 9.17) is 4.74 Å². The van der Waals surface area contributed by atoms with Crippen molar-refractivity contribution in [3.63, 3.8) is 0 Å². The Morgan fingerprint density at radius 1 is 1.24 bits per heavy atom. The number of halogens is 3. The van der Waals surface area contributed by atoms with E-state index in [2.05, 4.69) is 10.3 Å². The number of ether oxygens (including phenoxy) is 1. The SMILES string of the molecule is COCCNc1cnc(N(C)C)c2c(F)c(F)c(F)cc12. The summed E-state index contributed by atoms with van der Waals surface area (Å²) in [6.45, 7) is 0.859. The molecule has 2 rings (SSSR count). The number of anilines is 2. The predicted molar refractivity (Wildman–Crippen MR) is 76.3 cm³/mol. The van der Waals surface area contributed by atoms with Crippen LogP contribution in [0.4, 0.5) is 24.7 Å². The second-order valence-corrected chi connectivity index (χ2v) is 4.72. The highest BCUT2D eigenvalue weighted by molar-refractivity contribution is 6.00. The molecule has 0 saturated carbocycles. The third-order valence-corrected chi connectivity index (χ3v) is 3.04. The van der Waals surface area contributed by atoms with E-state index in [1.807, 2.05) is 0 Å². The summed E-state index contributed by atoms with van der Waals surface area (Å²) in [5.41, 5.74) is 0.422. The Bertz CT molecular complexity index is 662. The highest BCUT2D eigenvalue weighted by Crippen LogP contribution is 2.33. The van der Waals surface area contributed by atoms with Crippen LogP contribution in [0.1, 0.15) is 0 Å². The maximum atomic E-state index is 14.1. The van der Waals surface area contributed by atoms with Gasteiger partial charge in [0.2, 0.25) is 0 Å². The molecule has 0 aliphatic carbocycles. The number of benzene rings is 1. The lowest BCUT2D eigenvalue weighted by Crippen LogP contribution is -2.14. The molecule has 0 fully saturated rings. The Balaban J connectivity index is 2.66. The average Bonchev–Trinajstić information content (AvgIpc) is 2.45. The van der Waals surface area contributed by atoms with Crippen molar-refractivity contribution in [3.05, 3.63) is 29.7 Å². The van der Waals surface area contributed by atoms with Crippen LogP contribution in [0.3, 0.4) is 0 Å². The molecule has 0 spiro atoms. The average molecular weight is 299 g/mol. The standard InChI is InChI=1S/C14H16F3N3O/c1-20(2)14-11-8(6-9(15)12(16)13(11)17)10(7-19-14)18-4-5-21-3/h6-7,18H,4-5H2,1-3H3. The Morgan fingerprint density at radius 3 is 2.57 bits per heavy atom. The van der Waals surface area contributed by atoms with Gasteiger partial charge in [-0.1, -0.05) is 0 Å². The zero-order chi connectivity index (χ0) is 15.6. The molecule has 21 heavy (non-hydrogen) atoms. The first-order chi connectivity index (χ1) is 9.97. The molecule has 1 aromatic carbocycles. The van der Waals surface area contributed by atoms with Gasteiger partial charge in [-0.15, -0.1) is 0 Å². The molecule has 114 valence electrons. The van der Waals surface area contributed by atoms with Crippen LogP contribution in [-0.2, 0) is 4.74 Å². The van der Waals surface area contributed by atoms with E-state index in [0.29, 0.717) is 18.8 Å². The Morgan fingerprint density at radius 2 is 1.95 bits per heavy atom. The van der Waals surface area contributed by atoms with Gasteiger partial charge in [0, 0.05) is 33.1 Å². The second kappa shape index (κ2) is 6.17. The maximum absolute atomic E-state index is 14.1. The highest BCUT2D eigenvalue weighted by atomic mass is 19.2. The summed E-state index contributed by atoms with van der Waals surface area (Å²) < 4.78 is 46.0. The fraction of sp³-hybridized carbons (Fsp3) is 0.357. The van der Waals surface area contributed by atoms with Crippen LogP contribution in [0.25, 0.3) is 10.8 Å². The predicted octanol–water partition coefficient (Wildman–Crippen LogP) is 2.78. The minimum Gasteiger partial charge on any atom is -0.383 e. The molecule has 0 unspecified atom stereocenters. The molecule has 1 aromatic heterocycles. The van der Waals surface area contributed by atoms with Crippen LogP contribution in [0.2, 0.25) is 0 Å². The Hall–Kier alpha value is -2.02. The van der Waals surface area contributed by atoms with E-state index in [0.717, 1.165) is 6.07 Å². The van der Waals surface area contributed by atoms with Gasteiger partial charge in [-0.2, -0.15) is 0 Å². The zero-order valence-corrected chi connectivity index (χ0v) is 12.0. The van der Waals surface area contributed by atoms with Gasteiger partial charge < -0.3 is 15.0 Å². The lowest BCUT2D eigenvalue weighted by atomic mass is 10.1. The molecule has 0 saturated heterocycles. The molecule has 1 heterocycles. The van der Waals surface area contributed by atoms with Crippen molar-refractivity contribution in [3.8, 4) is 0 Å². The number of fused-ring (bicyclic) bond motifs is 1. The van der Waals surface area contributed by atoms with Crippen LogP contribution in [-0.4, -0.2) is 39.3 Å². The van der Waals surface area contributed by atoms with Gasteiger partial charge in [0.1, 0.15) is 5.82 Å². The molecule has 0 bridgehead atoms. The minimum atomic E-state index is -1.50. The van der Waals surface area contributed by atoms with E-state index >= 15 is 0 Å². The lowest BCUT2D eigenvalue weighted by Gasteiger charge is -2.17. The largest absolute Gasteiger partial charge is 0.383 e. The highest BCUT2D eigenvalue weighted by Gasteiger charge is 2.20. The molecule has 0 amide bonds. The van der Waals surface area contributed by atoms with Crippen molar-refractivity contribution >= 4 is 22.3 Å². The van der Waals surface area contributed by atoms with Crippen molar-refractivity contribution < 1.29 is 17.9 Å². The van der Waals surface area contributed by atoms with Gasteiger partial charge in [0.25, 0.3) is 0 Å². The first kappa shape index (κ1) is 15.4. The fourth-order valence-corrected chi connectivity index (χ4v) is 2.05. The van der Waals surface area contributed by atoms with E-state index < -0.39 is 17.5 Å². The molecule has 7 heteroatoms. The number of nitrogens with one attached hydrogen (secondary N) is 1. The normalized spacial score (nSPS) is 11.0. The summed E-state index contributed by atoms with van der Waals surface area (Å²) in [6.07, 6.45) is 1.46. The zero-order valence-electron chi connectivity index (χ0n) is 12.0. The van der Waals surface area contributed by atoms with Crippen LogP contribution in [0, 0.1) is 17.5 Å². The third kappa shape index (κ3) is 2.87. The summed E-state index contributed by atoms with van der Waals surface area (Å²) in [4.78, 5) is 5.65. The van der Waals surface area contributed by atoms with E-state index in [1.54, 1.807) is 26.1 Å². The van der Waals surface area contributed by atoms with Crippen molar-refractivity contribution in [1.82, 2.24) is 4.98 Å². The number of rotatable bonds is 5. The molecule has 2 aromatic rings. The molecule has 1 N–H and O–H groups in total. The number of pyridine rings is 1. The van der Waals surface area contributed by atoms with Crippen molar-refractivity contribution in [2.45, 2.75) is 0 Å². The summed E-state index contributed by atoms with van der Waals surface area (Å²) in [7, 11) is 4.85. The van der Waals surface area contributed by atoms with Crippen LogP contribution < -0.4 is 10.2 Å². The van der Waals surface area contributed by atoms with Gasteiger partial charge in [0.05, 0.1) is 23.9 Å². The summed E-state index contributed by atoms with van der Waals surface area (Å²) in [6, 6.07) is 0.970. The maximum Gasteiger partial charge on any atom is 0.195 e. The first-order valence-corrected chi connectivity index (χ1v) is 6.33.